The predicted molar refractivity (Wildman–Crippen MR) is 121 cm³/mol. The summed E-state index contributed by atoms with van der Waals surface area (Å²) in [6.07, 6.45) is 1.52. The Labute approximate surface area is 193 Å². The molecular weight excluding hydrogens is 515 g/mol. The van der Waals surface area contributed by atoms with Gasteiger partial charge < -0.3 is 19.5 Å². The molecule has 3 amide bonds. The van der Waals surface area contributed by atoms with Gasteiger partial charge in [-0.05, 0) is 58.9 Å². The fourth-order valence-electron chi connectivity index (χ4n) is 2.88. The molecule has 8 nitrogen and oxygen atoms in total. The van der Waals surface area contributed by atoms with Crippen LogP contribution in [0, 0.1) is 10.5 Å². The molecule has 1 heterocycles. The lowest BCUT2D eigenvalue weighted by Crippen LogP contribution is -2.36. The van der Waals surface area contributed by atoms with Crippen LogP contribution in [0.15, 0.2) is 42.1 Å². The van der Waals surface area contributed by atoms with Gasteiger partial charge in [0.2, 0.25) is 0 Å². The zero-order chi connectivity index (χ0) is 22.5. The summed E-state index contributed by atoms with van der Waals surface area (Å²) < 4.78 is 16.7. The predicted octanol–water partition coefficient (Wildman–Crippen LogP) is 3.25. The van der Waals surface area contributed by atoms with E-state index in [0.717, 1.165) is 14.0 Å². The minimum atomic E-state index is -0.684. The molecule has 1 fully saturated rings. The number of nitrogens with zero attached hydrogens (tertiary/aromatic N) is 1. The number of carbonyl (C=O) groups excluding carboxylic acids is 3. The van der Waals surface area contributed by atoms with Gasteiger partial charge in [-0.15, -0.1) is 0 Å². The van der Waals surface area contributed by atoms with Crippen molar-refractivity contribution < 1.29 is 28.6 Å². The lowest BCUT2D eigenvalue weighted by molar-refractivity contribution is -0.143. The fraction of sp³-hybridized carbons (Fsp3) is 0.227. The van der Waals surface area contributed by atoms with Gasteiger partial charge in [-0.3, -0.25) is 9.59 Å². The Morgan fingerprint density at radius 2 is 1.87 bits per heavy atom. The number of esters is 1. The Hall–Kier alpha value is -3.08. The van der Waals surface area contributed by atoms with Crippen molar-refractivity contribution in [2.45, 2.75) is 13.5 Å². The number of hydrogen-bond acceptors (Lipinski definition) is 6. The summed E-state index contributed by atoms with van der Waals surface area (Å²) in [7, 11) is 2.72. The highest BCUT2D eigenvalue weighted by Crippen LogP contribution is 2.35. The van der Waals surface area contributed by atoms with E-state index in [0.29, 0.717) is 23.7 Å². The van der Waals surface area contributed by atoms with Crippen molar-refractivity contribution in [1.82, 2.24) is 10.2 Å². The van der Waals surface area contributed by atoms with Gasteiger partial charge in [-0.2, -0.15) is 0 Å². The summed E-state index contributed by atoms with van der Waals surface area (Å²) in [6.45, 7) is 1.95. The van der Waals surface area contributed by atoms with E-state index in [1.807, 2.05) is 37.3 Å². The molecule has 9 heteroatoms. The Kier molecular flexibility index (Phi) is 7.16. The molecule has 31 heavy (non-hydrogen) atoms. The maximum absolute atomic E-state index is 12.5. The molecule has 162 valence electrons. The normalized spacial score (nSPS) is 14.6. The van der Waals surface area contributed by atoms with E-state index in [1.54, 1.807) is 6.07 Å². The minimum Gasteiger partial charge on any atom is -0.493 e. The molecule has 1 N–H and O–H groups in total. The summed E-state index contributed by atoms with van der Waals surface area (Å²) in [5, 5.41) is 2.47. The molecule has 3 rings (SSSR count). The Bertz CT molecular complexity index is 1050. The van der Waals surface area contributed by atoms with E-state index in [-0.39, 0.29) is 5.70 Å². The summed E-state index contributed by atoms with van der Waals surface area (Å²) in [5.41, 5.74) is 2.89. The van der Waals surface area contributed by atoms with Gasteiger partial charge in [0.25, 0.3) is 5.91 Å². The van der Waals surface area contributed by atoms with Crippen LogP contribution < -0.4 is 14.8 Å². The number of rotatable bonds is 7. The number of amides is 3. The van der Waals surface area contributed by atoms with Crippen LogP contribution in [-0.2, 0) is 20.9 Å². The number of imide groups is 1. The molecule has 1 saturated heterocycles. The van der Waals surface area contributed by atoms with Crippen molar-refractivity contribution in [3.05, 3.63) is 62.4 Å². The van der Waals surface area contributed by atoms with Crippen molar-refractivity contribution in [2.24, 2.45) is 0 Å². The zero-order valence-electron chi connectivity index (χ0n) is 17.2. The van der Waals surface area contributed by atoms with Crippen molar-refractivity contribution >= 4 is 46.6 Å². The summed E-state index contributed by atoms with van der Waals surface area (Å²) >= 11 is 2.13. The number of nitrogens with one attached hydrogen (secondary N) is 1. The number of carbonyl (C=O) groups is 3. The molecule has 0 bridgehead atoms. The van der Waals surface area contributed by atoms with Crippen LogP contribution in [0.5, 0.6) is 11.5 Å². The number of urea groups is 1. The largest absolute Gasteiger partial charge is 0.493 e. The second-order valence-corrected chi connectivity index (χ2v) is 7.93. The first-order valence-corrected chi connectivity index (χ1v) is 10.4. The third-order valence-corrected chi connectivity index (χ3v) is 5.35. The number of aryl methyl sites for hydroxylation is 1. The van der Waals surface area contributed by atoms with Crippen molar-refractivity contribution in [1.29, 1.82) is 0 Å². The van der Waals surface area contributed by atoms with Gasteiger partial charge in [0.05, 0.1) is 17.8 Å². The highest BCUT2D eigenvalue weighted by Gasteiger charge is 2.35. The maximum atomic E-state index is 12.5. The van der Waals surface area contributed by atoms with E-state index in [4.69, 9.17) is 9.47 Å². The fourth-order valence-corrected chi connectivity index (χ4v) is 3.66. The summed E-state index contributed by atoms with van der Waals surface area (Å²) in [5.74, 6) is -0.214. The maximum Gasteiger partial charge on any atom is 0.329 e. The standard InChI is InChI=1S/C22H21IN2O6/c1-13-4-6-14(7-5-13)12-31-20-16(23)8-15(10-18(20)29-2)9-17-21(27)25(22(28)24-17)11-19(26)30-3/h4-10H,11-12H2,1-3H3,(H,24,28)/b17-9+. The van der Waals surface area contributed by atoms with Crippen molar-refractivity contribution in [3.8, 4) is 11.5 Å². The average molecular weight is 536 g/mol. The highest BCUT2D eigenvalue weighted by atomic mass is 127. The number of benzene rings is 2. The Balaban J connectivity index is 1.80. The quantitative estimate of drug-likeness (QED) is 0.253. The van der Waals surface area contributed by atoms with E-state index < -0.39 is 24.5 Å². The van der Waals surface area contributed by atoms with Crippen LogP contribution in [0.4, 0.5) is 4.79 Å². The van der Waals surface area contributed by atoms with Gasteiger partial charge in [0.1, 0.15) is 18.8 Å². The Morgan fingerprint density at radius 1 is 1.16 bits per heavy atom. The van der Waals surface area contributed by atoms with E-state index >= 15 is 0 Å². The third-order valence-electron chi connectivity index (χ3n) is 4.54. The second kappa shape index (κ2) is 9.82. The van der Waals surface area contributed by atoms with Crippen LogP contribution in [0.3, 0.4) is 0 Å². The lowest BCUT2D eigenvalue weighted by atomic mass is 10.1. The first kappa shape index (κ1) is 22.6. The van der Waals surface area contributed by atoms with Gasteiger partial charge in [-0.25, -0.2) is 9.69 Å². The van der Waals surface area contributed by atoms with Gasteiger partial charge in [0, 0.05) is 0 Å². The van der Waals surface area contributed by atoms with Crippen LogP contribution in [-0.4, -0.2) is 43.6 Å². The van der Waals surface area contributed by atoms with E-state index in [9.17, 15) is 14.4 Å². The molecule has 2 aromatic rings. The first-order chi connectivity index (χ1) is 14.8. The number of ether oxygens (including phenoxy) is 3. The summed E-state index contributed by atoms with van der Waals surface area (Å²) in [6, 6.07) is 10.9. The number of halogens is 1. The van der Waals surface area contributed by atoms with Crippen molar-refractivity contribution in [2.75, 3.05) is 20.8 Å². The molecule has 0 saturated carbocycles. The number of hydrogen-bond donors (Lipinski definition) is 1. The smallest absolute Gasteiger partial charge is 0.329 e. The summed E-state index contributed by atoms with van der Waals surface area (Å²) in [4.78, 5) is 36.7. The molecule has 0 atom stereocenters. The average Bonchev–Trinajstić information content (AvgIpc) is 3.01. The van der Waals surface area contributed by atoms with Crippen LogP contribution >= 0.6 is 22.6 Å². The van der Waals surface area contributed by atoms with Gasteiger partial charge >= 0.3 is 12.0 Å². The van der Waals surface area contributed by atoms with E-state index in [2.05, 4.69) is 32.6 Å². The molecule has 1 aliphatic heterocycles. The molecule has 2 aromatic carbocycles. The monoisotopic (exact) mass is 536 g/mol. The number of methoxy groups -OCH3 is 2. The van der Waals surface area contributed by atoms with Gasteiger partial charge in [0.15, 0.2) is 11.5 Å². The van der Waals surface area contributed by atoms with E-state index in [1.165, 1.54) is 25.9 Å². The molecule has 0 unspecified atom stereocenters. The topological polar surface area (TPSA) is 94.2 Å². The third kappa shape index (κ3) is 5.35. The SMILES string of the molecule is COC(=O)CN1C(=O)N/C(=C/c2cc(I)c(OCc3ccc(C)cc3)c(OC)c2)C1=O. The molecular formula is C22H21IN2O6. The molecule has 0 radical (unpaired) electrons. The molecule has 0 spiro atoms. The highest BCUT2D eigenvalue weighted by molar-refractivity contribution is 14.1. The minimum absolute atomic E-state index is 0.0556. The molecule has 1 aliphatic rings. The Morgan fingerprint density at radius 3 is 2.52 bits per heavy atom. The van der Waals surface area contributed by atoms with Crippen LogP contribution in [0.2, 0.25) is 0 Å². The molecule has 0 aromatic heterocycles. The first-order valence-electron chi connectivity index (χ1n) is 9.29. The van der Waals surface area contributed by atoms with Crippen LogP contribution in [0.25, 0.3) is 6.08 Å². The van der Waals surface area contributed by atoms with Gasteiger partial charge in [-0.1, -0.05) is 29.8 Å². The lowest BCUT2D eigenvalue weighted by Gasteiger charge is -2.14. The van der Waals surface area contributed by atoms with Crippen molar-refractivity contribution in [3.63, 3.8) is 0 Å². The van der Waals surface area contributed by atoms with Crippen LogP contribution in [0.1, 0.15) is 16.7 Å². The molecule has 0 aliphatic carbocycles. The zero-order valence-corrected chi connectivity index (χ0v) is 19.4. The second-order valence-electron chi connectivity index (χ2n) is 6.76.